The van der Waals surface area contributed by atoms with E-state index in [1.165, 1.54) is 0 Å². The third-order valence-corrected chi connectivity index (χ3v) is 6.02. The van der Waals surface area contributed by atoms with Gasteiger partial charge in [-0.1, -0.05) is 30.3 Å². The first-order chi connectivity index (χ1) is 15.0. The highest BCUT2D eigenvalue weighted by atomic mass is 16.2. The summed E-state index contributed by atoms with van der Waals surface area (Å²) in [5, 5.41) is 3.02. The highest BCUT2D eigenvalue weighted by molar-refractivity contribution is 5.96. The lowest BCUT2D eigenvalue weighted by molar-refractivity contribution is -0.130. The SMILES string of the molecule is CC(=O)N1CCc2cc(NC(=O)C3CCN(C(=O)C=Cc4ccccc4)CC3)ccc21. The molecular formula is C25H27N3O3. The van der Waals surface area contributed by atoms with Gasteiger partial charge in [0.2, 0.25) is 17.7 Å². The second-order valence-corrected chi connectivity index (χ2v) is 8.10. The zero-order valence-corrected chi connectivity index (χ0v) is 17.7. The van der Waals surface area contributed by atoms with Crippen molar-refractivity contribution < 1.29 is 14.4 Å². The van der Waals surface area contributed by atoms with Crippen molar-refractivity contribution in [2.24, 2.45) is 5.92 Å². The molecule has 31 heavy (non-hydrogen) atoms. The predicted octanol–water partition coefficient (Wildman–Crippen LogP) is 3.49. The maximum Gasteiger partial charge on any atom is 0.246 e. The standard InChI is InChI=1S/C25H27N3O3/c1-18(29)28-16-13-21-17-22(8-9-23(21)28)26-25(31)20-11-14-27(15-12-20)24(30)10-7-19-5-3-2-4-6-19/h2-10,17,20H,11-16H2,1H3,(H,26,31). The first-order valence-corrected chi connectivity index (χ1v) is 10.8. The summed E-state index contributed by atoms with van der Waals surface area (Å²) in [6.45, 7) is 3.41. The van der Waals surface area contributed by atoms with Gasteiger partial charge in [-0.3, -0.25) is 14.4 Å². The van der Waals surface area contributed by atoms with Gasteiger partial charge in [0.1, 0.15) is 0 Å². The minimum atomic E-state index is -0.107. The molecule has 160 valence electrons. The van der Waals surface area contributed by atoms with Gasteiger partial charge in [0.05, 0.1) is 0 Å². The second kappa shape index (κ2) is 9.16. The van der Waals surface area contributed by atoms with E-state index in [0.29, 0.717) is 32.5 Å². The van der Waals surface area contributed by atoms with E-state index in [9.17, 15) is 14.4 Å². The number of rotatable bonds is 4. The Balaban J connectivity index is 1.29. The second-order valence-electron chi connectivity index (χ2n) is 8.10. The average Bonchev–Trinajstić information content (AvgIpc) is 3.22. The molecule has 3 amide bonds. The first-order valence-electron chi connectivity index (χ1n) is 10.8. The highest BCUT2D eigenvalue weighted by Gasteiger charge is 2.27. The quantitative estimate of drug-likeness (QED) is 0.775. The summed E-state index contributed by atoms with van der Waals surface area (Å²) in [6, 6.07) is 15.4. The topological polar surface area (TPSA) is 69.7 Å². The molecule has 1 N–H and O–H groups in total. The maximum absolute atomic E-state index is 12.7. The number of hydrogen-bond acceptors (Lipinski definition) is 3. The number of carbonyl (C=O) groups excluding carboxylic acids is 3. The molecule has 6 nitrogen and oxygen atoms in total. The third kappa shape index (κ3) is 4.85. The summed E-state index contributed by atoms with van der Waals surface area (Å²) in [5.74, 6) is -0.0933. The van der Waals surface area contributed by atoms with Crippen LogP contribution >= 0.6 is 0 Å². The fraction of sp³-hybridized carbons (Fsp3) is 0.320. The molecular weight excluding hydrogens is 390 g/mol. The molecule has 2 aromatic carbocycles. The van der Waals surface area contributed by atoms with Crippen molar-refractivity contribution in [1.29, 1.82) is 0 Å². The van der Waals surface area contributed by atoms with Crippen LogP contribution in [0.1, 0.15) is 30.9 Å². The minimum absolute atomic E-state index is 0.00621. The van der Waals surface area contributed by atoms with E-state index in [4.69, 9.17) is 0 Å². The average molecular weight is 418 g/mol. The van der Waals surface area contributed by atoms with Crippen LogP contribution in [-0.4, -0.2) is 42.3 Å². The van der Waals surface area contributed by atoms with E-state index in [0.717, 1.165) is 28.9 Å². The molecule has 0 atom stereocenters. The van der Waals surface area contributed by atoms with Gasteiger partial charge in [-0.15, -0.1) is 0 Å². The Morgan fingerprint density at radius 1 is 1.00 bits per heavy atom. The first kappa shape index (κ1) is 20.8. The van der Waals surface area contributed by atoms with Gasteiger partial charge in [0.15, 0.2) is 0 Å². The molecule has 6 heteroatoms. The van der Waals surface area contributed by atoms with Crippen molar-refractivity contribution in [3.8, 4) is 0 Å². The monoisotopic (exact) mass is 417 g/mol. The number of anilines is 2. The lowest BCUT2D eigenvalue weighted by Crippen LogP contribution is -2.40. The predicted molar refractivity (Wildman–Crippen MR) is 122 cm³/mol. The Labute approximate surface area is 182 Å². The van der Waals surface area contributed by atoms with E-state index in [1.54, 1.807) is 22.8 Å². The van der Waals surface area contributed by atoms with Crippen LogP contribution in [0.2, 0.25) is 0 Å². The number of hydrogen-bond donors (Lipinski definition) is 1. The number of carbonyl (C=O) groups is 3. The van der Waals surface area contributed by atoms with Crippen molar-refractivity contribution in [3.63, 3.8) is 0 Å². The van der Waals surface area contributed by atoms with Crippen molar-refractivity contribution in [3.05, 3.63) is 65.7 Å². The molecule has 0 aromatic heterocycles. The molecule has 0 spiro atoms. The third-order valence-electron chi connectivity index (χ3n) is 6.02. The Morgan fingerprint density at radius 2 is 1.74 bits per heavy atom. The van der Waals surface area contributed by atoms with Crippen LogP contribution in [0.25, 0.3) is 6.08 Å². The van der Waals surface area contributed by atoms with E-state index >= 15 is 0 Å². The Morgan fingerprint density at radius 3 is 2.45 bits per heavy atom. The Hall–Kier alpha value is -3.41. The number of likely N-dealkylation sites (tertiary alicyclic amines) is 1. The summed E-state index contributed by atoms with van der Waals surface area (Å²) in [6.07, 6.45) is 5.53. The van der Waals surface area contributed by atoms with E-state index in [2.05, 4.69) is 5.32 Å². The summed E-state index contributed by atoms with van der Waals surface area (Å²) in [4.78, 5) is 40.4. The van der Waals surface area contributed by atoms with Crippen LogP contribution in [-0.2, 0) is 20.8 Å². The zero-order valence-electron chi connectivity index (χ0n) is 17.7. The number of benzene rings is 2. The lowest BCUT2D eigenvalue weighted by Gasteiger charge is -2.30. The fourth-order valence-electron chi connectivity index (χ4n) is 4.25. The Kier molecular flexibility index (Phi) is 6.16. The summed E-state index contributed by atoms with van der Waals surface area (Å²) >= 11 is 0. The van der Waals surface area contributed by atoms with Gasteiger partial charge in [-0.25, -0.2) is 0 Å². The van der Waals surface area contributed by atoms with Crippen LogP contribution in [0.4, 0.5) is 11.4 Å². The van der Waals surface area contributed by atoms with E-state index in [1.807, 2.05) is 54.6 Å². The number of nitrogens with zero attached hydrogens (tertiary/aromatic N) is 2. The van der Waals surface area contributed by atoms with Crippen LogP contribution in [0.15, 0.2) is 54.6 Å². The van der Waals surface area contributed by atoms with Crippen molar-refractivity contribution in [2.45, 2.75) is 26.2 Å². The molecule has 0 unspecified atom stereocenters. The number of nitrogens with one attached hydrogen (secondary N) is 1. The van der Waals surface area contributed by atoms with Gasteiger partial charge in [-0.2, -0.15) is 0 Å². The van der Waals surface area contributed by atoms with Crippen molar-refractivity contribution in [1.82, 2.24) is 4.90 Å². The van der Waals surface area contributed by atoms with Crippen molar-refractivity contribution >= 4 is 35.2 Å². The molecule has 2 aliphatic rings. The number of fused-ring (bicyclic) bond motifs is 1. The van der Waals surface area contributed by atoms with Gasteiger partial charge in [0, 0.05) is 49.9 Å². The van der Waals surface area contributed by atoms with Crippen LogP contribution < -0.4 is 10.2 Å². The van der Waals surface area contributed by atoms with Crippen LogP contribution in [0.5, 0.6) is 0 Å². The lowest BCUT2D eigenvalue weighted by atomic mass is 9.95. The molecule has 4 rings (SSSR count). The highest BCUT2D eigenvalue weighted by Crippen LogP contribution is 2.31. The molecule has 0 saturated carbocycles. The normalized spacial score (nSPS) is 16.4. The summed E-state index contributed by atoms with van der Waals surface area (Å²) < 4.78 is 0. The molecule has 2 aliphatic heterocycles. The van der Waals surface area contributed by atoms with Gasteiger partial charge in [0.25, 0.3) is 0 Å². The molecule has 1 saturated heterocycles. The van der Waals surface area contributed by atoms with E-state index in [-0.39, 0.29) is 23.6 Å². The summed E-state index contributed by atoms with van der Waals surface area (Å²) in [5.41, 5.74) is 3.77. The number of piperidine rings is 1. The smallest absolute Gasteiger partial charge is 0.246 e. The van der Waals surface area contributed by atoms with E-state index < -0.39 is 0 Å². The van der Waals surface area contributed by atoms with Gasteiger partial charge < -0.3 is 15.1 Å². The molecule has 0 aliphatic carbocycles. The molecule has 1 fully saturated rings. The van der Waals surface area contributed by atoms with Crippen molar-refractivity contribution in [2.75, 3.05) is 29.9 Å². The van der Waals surface area contributed by atoms with Crippen LogP contribution in [0, 0.1) is 5.92 Å². The molecule has 2 aromatic rings. The minimum Gasteiger partial charge on any atom is -0.339 e. The fourth-order valence-corrected chi connectivity index (χ4v) is 4.25. The summed E-state index contributed by atoms with van der Waals surface area (Å²) in [7, 11) is 0. The Bertz CT molecular complexity index is 1010. The largest absolute Gasteiger partial charge is 0.339 e. The maximum atomic E-state index is 12.7. The zero-order chi connectivity index (χ0) is 21.8. The molecule has 0 radical (unpaired) electrons. The molecule has 2 heterocycles. The van der Waals surface area contributed by atoms with Gasteiger partial charge >= 0.3 is 0 Å². The molecule has 0 bridgehead atoms. The number of amides is 3. The van der Waals surface area contributed by atoms with Gasteiger partial charge in [-0.05, 0) is 54.7 Å². The van der Waals surface area contributed by atoms with Crippen LogP contribution in [0.3, 0.4) is 0 Å².